The normalized spacial score (nSPS) is 13.3. The lowest BCUT2D eigenvalue weighted by molar-refractivity contribution is 0.200. The summed E-state index contributed by atoms with van der Waals surface area (Å²) in [6.07, 6.45) is 0. The van der Waals surface area contributed by atoms with Crippen molar-refractivity contribution in [1.29, 1.82) is 0 Å². The Kier molecular flexibility index (Phi) is 7.49. The standard InChI is InChI=1S/C30H32N4O4/c1-36-25-18-24(19-26(20-25)37-2)32-13-15-33(16-14-32)30(35)34(21-22-9-5-4-6-10-22)28-17-23-11-7-8-12-27(23)31-29(28)38-3/h4-12,17-20H,13-16,21H2,1-3H3. The SMILES string of the molecule is COc1cc(OC)cc(N2CCN(C(=O)N(Cc3ccccc3)c3cc4ccccc4nc3OC)CC2)c1. The quantitative estimate of drug-likeness (QED) is 0.339. The molecule has 0 N–H and O–H groups in total. The Morgan fingerprint density at radius 3 is 2.13 bits per heavy atom. The van der Waals surface area contributed by atoms with Crippen molar-refractivity contribution in [2.45, 2.75) is 6.54 Å². The van der Waals surface area contributed by atoms with E-state index in [1.165, 1.54) is 0 Å². The van der Waals surface area contributed by atoms with Crippen LogP contribution in [0.15, 0.2) is 78.9 Å². The fourth-order valence-corrected chi connectivity index (χ4v) is 4.75. The number of piperazine rings is 1. The molecule has 0 unspecified atom stereocenters. The van der Waals surface area contributed by atoms with Crippen molar-refractivity contribution in [3.63, 3.8) is 0 Å². The number of para-hydroxylation sites is 1. The van der Waals surface area contributed by atoms with Gasteiger partial charge < -0.3 is 24.0 Å². The van der Waals surface area contributed by atoms with Gasteiger partial charge in [-0.05, 0) is 17.7 Å². The highest BCUT2D eigenvalue weighted by atomic mass is 16.5. The number of rotatable bonds is 7. The molecular weight excluding hydrogens is 480 g/mol. The van der Waals surface area contributed by atoms with E-state index in [2.05, 4.69) is 4.90 Å². The molecule has 0 spiro atoms. The minimum absolute atomic E-state index is 0.0768. The van der Waals surface area contributed by atoms with Crippen molar-refractivity contribution in [2.75, 3.05) is 57.3 Å². The summed E-state index contributed by atoms with van der Waals surface area (Å²) in [5.41, 5.74) is 3.51. The van der Waals surface area contributed by atoms with Gasteiger partial charge in [-0.2, -0.15) is 0 Å². The molecule has 1 saturated heterocycles. The van der Waals surface area contributed by atoms with Crippen LogP contribution in [0.1, 0.15) is 5.56 Å². The zero-order valence-corrected chi connectivity index (χ0v) is 22.0. The number of methoxy groups -OCH3 is 3. The third-order valence-electron chi connectivity index (χ3n) is 6.82. The Morgan fingerprint density at radius 2 is 1.47 bits per heavy atom. The number of fused-ring (bicyclic) bond motifs is 1. The van der Waals surface area contributed by atoms with Crippen molar-refractivity contribution < 1.29 is 19.0 Å². The van der Waals surface area contributed by atoms with Crippen molar-refractivity contribution in [3.05, 3.63) is 84.4 Å². The van der Waals surface area contributed by atoms with E-state index in [9.17, 15) is 4.79 Å². The van der Waals surface area contributed by atoms with E-state index in [1.54, 1.807) is 26.2 Å². The molecule has 0 atom stereocenters. The topological polar surface area (TPSA) is 67.4 Å². The first-order valence-electron chi connectivity index (χ1n) is 12.6. The average Bonchev–Trinajstić information content (AvgIpc) is 2.99. The lowest BCUT2D eigenvalue weighted by Gasteiger charge is -2.38. The number of aromatic nitrogens is 1. The van der Waals surface area contributed by atoms with Crippen LogP contribution in [0.4, 0.5) is 16.2 Å². The molecule has 0 radical (unpaired) electrons. The van der Waals surface area contributed by atoms with E-state index >= 15 is 0 Å². The van der Waals surface area contributed by atoms with Gasteiger partial charge in [0.1, 0.15) is 17.2 Å². The Bertz CT molecular complexity index is 1380. The first kappa shape index (κ1) is 25.2. The molecule has 1 fully saturated rings. The molecule has 196 valence electrons. The molecule has 2 amide bonds. The van der Waals surface area contributed by atoms with Crippen molar-refractivity contribution >= 4 is 28.3 Å². The van der Waals surface area contributed by atoms with Gasteiger partial charge in [-0.15, -0.1) is 0 Å². The van der Waals surface area contributed by atoms with Crippen LogP contribution in [-0.4, -0.2) is 63.4 Å². The highest BCUT2D eigenvalue weighted by molar-refractivity contribution is 5.96. The van der Waals surface area contributed by atoms with Gasteiger partial charge in [-0.1, -0.05) is 48.5 Å². The maximum atomic E-state index is 14.1. The maximum absolute atomic E-state index is 14.1. The number of urea groups is 1. The molecule has 1 aromatic heterocycles. The molecule has 4 aromatic rings. The van der Waals surface area contributed by atoms with Gasteiger partial charge in [-0.25, -0.2) is 9.78 Å². The predicted molar refractivity (Wildman–Crippen MR) is 150 cm³/mol. The highest BCUT2D eigenvalue weighted by Gasteiger charge is 2.29. The summed E-state index contributed by atoms with van der Waals surface area (Å²) in [7, 11) is 4.88. The lowest BCUT2D eigenvalue weighted by atomic mass is 10.1. The van der Waals surface area contributed by atoms with Crippen LogP contribution in [0, 0.1) is 0 Å². The first-order chi connectivity index (χ1) is 18.6. The van der Waals surface area contributed by atoms with Gasteiger partial charge in [0.15, 0.2) is 0 Å². The second-order valence-electron chi connectivity index (χ2n) is 9.11. The van der Waals surface area contributed by atoms with Crippen LogP contribution in [0.3, 0.4) is 0 Å². The van der Waals surface area contributed by atoms with Crippen LogP contribution >= 0.6 is 0 Å². The molecule has 8 nitrogen and oxygen atoms in total. The minimum atomic E-state index is -0.0768. The maximum Gasteiger partial charge on any atom is 0.325 e. The Morgan fingerprint density at radius 1 is 0.816 bits per heavy atom. The van der Waals surface area contributed by atoms with Gasteiger partial charge >= 0.3 is 6.03 Å². The molecule has 38 heavy (non-hydrogen) atoms. The number of anilines is 2. The van der Waals surface area contributed by atoms with Gasteiger partial charge in [0, 0.05) is 55.5 Å². The van der Waals surface area contributed by atoms with Crippen LogP contribution < -0.4 is 24.0 Å². The molecule has 0 aliphatic carbocycles. The monoisotopic (exact) mass is 512 g/mol. The molecule has 2 heterocycles. The van der Waals surface area contributed by atoms with E-state index in [-0.39, 0.29) is 6.03 Å². The molecule has 8 heteroatoms. The summed E-state index contributed by atoms with van der Waals surface area (Å²) in [6, 6.07) is 25.6. The zero-order chi connectivity index (χ0) is 26.5. The number of hydrogen-bond donors (Lipinski definition) is 0. The summed E-state index contributed by atoms with van der Waals surface area (Å²) in [6.45, 7) is 2.94. The number of amides is 2. The summed E-state index contributed by atoms with van der Waals surface area (Å²) >= 11 is 0. The van der Waals surface area contributed by atoms with Gasteiger partial charge in [0.25, 0.3) is 0 Å². The molecule has 3 aromatic carbocycles. The first-order valence-corrected chi connectivity index (χ1v) is 12.6. The molecule has 5 rings (SSSR count). The summed E-state index contributed by atoms with van der Waals surface area (Å²) < 4.78 is 16.6. The molecule has 0 bridgehead atoms. The number of pyridine rings is 1. The van der Waals surface area contributed by atoms with E-state index in [1.807, 2.05) is 83.8 Å². The highest BCUT2D eigenvalue weighted by Crippen LogP contribution is 2.33. The van der Waals surface area contributed by atoms with E-state index < -0.39 is 0 Å². The van der Waals surface area contributed by atoms with Gasteiger partial charge in [0.2, 0.25) is 5.88 Å². The number of nitrogens with zero attached hydrogens (tertiary/aromatic N) is 4. The molecule has 0 saturated carbocycles. The molecular formula is C30H32N4O4. The van der Waals surface area contributed by atoms with Crippen molar-refractivity contribution in [2.24, 2.45) is 0 Å². The Balaban J connectivity index is 1.42. The zero-order valence-electron chi connectivity index (χ0n) is 22.0. The number of ether oxygens (including phenoxy) is 3. The van der Waals surface area contributed by atoms with E-state index in [0.29, 0.717) is 44.3 Å². The van der Waals surface area contributed by atoms with E-state index in [4.69, 9.17) is 19.2 Å². The number of hydrogen-bond acceptors (Lipinski definition) is 6. The van der Waals surface area contributed by atoms with E-state index in [0.717, 1.165) is 33.7 Å². The third-order valence-corrected chi connectivity index (χ3v) is 6.82. The molecule has 1 aliphatic heterocycles. The Hall–Kier alpha value is -4.46. The van der Waals surface area contributed by atoms with Gasteiger partial charge in [-0.3, -0.25) is 4.90 Å². The number of benzene rings is 3. The fourth-order valence-electron chi connectivity index (χ4n) is 4.75. The van der Waals surface area contributed by atoms with Crippen molar-refractivity contribution in [3.8, 4) is 17.4 Å². The van der Waals surface area contributed by atoms with Crippen molar-refractivity contribution in [1.82, 2.24) is 9.88 Å². The smallest absolute Gasteiger partial charge is 0.325 e. The predicted octanol–water partition coefficient (Wildman–Crippen LogP) is 5.21. The summed E-state index contributed by atoms with van der Waals surface area (Å²) in [4.78, 5) is 24.7. The van der Waals surface area contributed by atoms with Crippen LogP contribution in [0.2, 0.25) is 0 Å². The van der Waals surface area contributed by atoms with Crippen LogP contribution in [-0.2, 0) is 6.54 Å². The van der Waals surface area contributed by atoms with Crippen LogP contribution in [0.5, 0.6) is 17.4 Å². The summed E-state index contributed by atoms with van der Waals surface area (Å²) in [5.74, 6) is 1.90. The average molecular weight is 513 g/mol. The second-order valence-corrected chi connectivity index (χ2v) is 9.11. The lowest BCUT2D eigenvalue weighted by Crippen LogP contribution is -2.53. The number of carbonyl (C=O) groups is 1. The summed E-state index contributed by atoms with van der Waals surface area (Å²) in [5, 5.41) is 0.950. The van der Waals surface area contributed by atoms with Crippen LogP contribution in [0.25, 0.3) is 10.9 Å². The minimum Gasteiger partial charge on any atom is -0.497 e. The fraction of sp³-hybridized carbons (Fsp3) is 0.267. The largest absolute Gasteiger partial charge is 0.497 e. The number of carbonyl (C=O) groups excluding carboxylic acids is 1. The second kappa shape index (κ2) is 11.3. The molecule has 1 aliphatic rings. The van der Waals surface area contributed by atoms with Gasteiger partial charge in [0.05, 0.1) is 33.4 Å². The Labute approximate surface area is 223 Å². The third kappa shape index (κ3) is 5.29.